The number of esters is 1. The standard InChI is InChI=1S/C17H31NO5/c1-16(2,3)13-12(14(20)22-7)10-11(8-9-19)18(13)15(21)23-17(4,5)6/h11-13,19H,8-10H2,1-7H3/t11-,12+,13+/m0/s1. The maximum atomic E-state index is 12.7. The Morgan fingerprint density at radius 3 is 2.13 bits per heavy atom. The number of nitrogens with zero attached hydrogens (tertiary/aromatic N) is 1. The lowest BCUT2D eigenvalue weighted by atomic mass is 9.79. The molecule has 1 aliphatic heterocycles. The molecule has 1 heterocycles. The number of aliphatic hydroxyl groups excluding tert-OH is 1. The van der Waals surface area contributed by atoms with Crippen molar-refractivity contribution in [3.8, 4) is 0 Å². The van der Waals surface area contributed by atoms with Gasteiger partial charge in [0.15, 0.2) is 0 Å². The average Bonchev–Trinajstić information content (AvgIpc) is 2.75. The van der Waals surface area contributed by atoms with Crippen molar-refractivity contribution in [1.82, 2.24) is 4.90 Å². The van der Waals surface area contributed by atoms with Crippen LogP contribution in [0.5, 0.6) is 0 Å². The molecule has 6 heteroatoms. The van der Waals surface area contributed by atoms with E-state index in [0.29, 0.717) is 12.8 Å². The minimum absolute atomic E-state index is 0.0469. The van der Waals surface area contributed by atoms with Gasteiger partial charge in [0, 0.05) is 12.6 Å². The summed E-state index contributed by atoms with van der Waals surface area (Å²) < 4.78 is 10.5. The lowest BCUT2D eigenvalue weighted by Crippen LogP contribution is -2.51. The highest BCUT2D eigenvalue weighted by Gasteiger charge is 2.52. The average molecular weight is 329 g/mol. The van der Waals surface area contributed by atoms with Gasteiger partial charge in [-0.05, 0) is 39.0 Å². The summed E-state index contributed by atoms with van der Waals surface area (Å²) in [5, 5.41) is 9.33. The summed E-state index contributed by atoms with van der Waals surface area (Å²) in [6, 6.07) is -0.565. The van der Waals surface area contributed by atoms with Crippen molar-refractivity contribution in [3.63, 3.8) is 0 Å². The van der Waals surface area contributed by atoms with Gasteiger partial charge < -0.3 is 19.5 Å². The van der Waals surface area contributed by atoms with E-state index in [1.165, 1.54) is 7.11 Å². The summed E-state index contributed by atoms with van der Waals surface area (Å²) in [5.74, 6) is -0.733. The Labute approximate surface area is 139 Å². The Kier molecular flexibility index (Phi) is 6.07. The maximum absolute atomic E-state index is 12.7. The summed E-state index contributed by atoms with van der Waals surface area (Å²) in [6.45, 7) is 11.4. The van der Waals surface area contributed by atoms with Gasteiger partial charge in [-0.15, -0.1) is 0 Å². The molecule has 1 saturated heterocycles. The number of hydrogen-bond donors (Lipinski definition) is 1. The van der Waals surface area contributed by atoms with Crippen LogP contribution >= 0.6 is 0 Å². The second-order valence-electron chi connectivity index (χ2n) is 8.23. The normalized spacial score (nSPS) is 25.4. The molecule has 1 N–H and O–H groups in total. The van der Waals surface area contributed by atoms with E-state index >= 15 is 0 Å². The Balaban J connectivity index is 3.21. The lowest BCUT2D eigenvalue weighted by molar-refractivity contribution is -0.147. The lowest BCUT2D eigenvalue weighted by Gasteiger charge is -2.39. The van der Waals surface area contributed by atoms with Crippen LogP contribution in [0.25, 0.3) is 0 Å². The minimum Gasteiger partial charge on any atom is -0.469 e. The zero-order valence-corrected chi connectivity index (χ0v) is 15.4. The minimum atomic E-state index is -0.618. The first-order valence-electron chi connectivity index (χ1n) is 8.12. The highest BCUT2D eigenvalue weighted by molar-refractivity contribution is 5.77. The van der Waals surface area contributed by atoms with Gasteiger partial charge >= 0.3 is 12.1 Å². The molecule has 0 bridgehead atoms. The third-order valence-electron chi connectivity index (χ3n) is 4.06. The zero-order valence-electron chi connectivity index (χ0n) is 15.4. The molecule has 0 aliphatic carbocycles. The molecule has 1 fully saturated rings. The second-order valence-corrected chi connectivity index (χ2v) is 8.23. The van der Waals surface area contributed by atoms with Crippen LogP contribution in [-0.2, 0) is 14.3 Å². The molecule has 0 aromatic carbocycles. The zero-order chi connectivity index (χ0) is 18.0. The first kappa shape index (κ1) is 19.7. The van der Waals surface area contributed by atoms with Crippen molar-refractivity contribution in [2.75, 3.05) is 13.7 Å². The van der Waals surface area contributed by atoms with Crippen LogP contribution in [0.1, 0.15) is 54.4 Å². The van der Waals surface area contributed by atoms with Crippen LogP contribution < -0.4 is 0 Å². The van der Waals surface area contributed by atoms with Gasteiger partial charge in [0.2, 0.25) is 0 Å². The Morgan fingerprint density at radius 2 is 1.74 bits per heavy atom. The first-order chi connectivity index (χ1) is 10.4. The SMILES string of the molecule is COC(=O)[C@@H]1C[C@H](CCO)N(C(=O)OC(C)(C)C)[C@H]1C(C)(C)C. The number of amides is 1. The molecule has 1 rings (SSSR count). The van der Waals surface area contributed by atoms with Crippen molar-refractivity contribution < 1.29 is 24.2 Å². The molecule has 1 aliphatic rings. The fourth-order valence-electron chi connectivity index (χ4n) is 3.34. The molecule has 1 amide bonds. The summed E-state index contributed by atoms with van der Waals surface area (Å²) >= 11 is 0. The molecule has 0 spiro atoms. The Hall–Kier alpha value is -1.30. The largest absolute Gasteiger partial charge is 0.469 e. The Bertz CT molecular complexity index is 435. The highest BCUT2D eigenvalue weighted by atomic mass is 16.6. The van der Waals surface area contributed by atoms with Crippen LogP contribution in [0.15, 0.2) is 0 Å². The van der Waals surface area contributed by atoms with Crippen molar-refractivity contribution in [2.24, 2.45) is 11.3 Å². The van der Waals surface area contributed by atoms with Crippen LogP contribution in [-0.4, -0.2) is 53.5 Å². The van der Waals surface area contributed by atoms with E-state index in [9.17, 15) is 14.7 Å². The number of rotatable bonds is 3. The second kappa shape index (κ2) is 7.07. The molecular formula is C17H31NO5. The molecule has 6 nitrogen and oxygen atoms in total. The van der Waals surface area contributed by atoms with Crippen LogP contribution in [0, 0.1) is 11.3 Å². The third-order valence-corrected chi connectivity index (χ3v) is 4.06. The number of carbonyl (C=O) groups is 2. The maximum Gasteiger partial charge on any atom is 0.410 e. The van der Waals surface area contributed by atoms with Crippen molar-refractivity contribution in [2.45, 2.75) is 72.1 Å². The van der Waals surface area contributed by atoms with E-state index in [-0.39, 0.29) is 30.1 Å². The molecule has 0 unspecified atom stereocenters. The number of ether oxygens (including phenoxy) is 2. The van der Waals surface area contributed by atoms with Crippen molar-refractivity contribution in [3.05, 3.63) is 0 Å². The van der Waals surface area contributed by atoms with Gasteiger partial charge in [0.1, 0.15) is 5.60 Å². The number of aliphatic hydroxyl groups is 1. The van der Waals surface area contributed by atoms with E-state index in [4.69, 9.17) is 9.47 Å². The van der Waals surface area contributed by atoms with Gasteiger partial charge in [-0.1, -0.05) is 20.8 Å². The molecule has 134 valence electrons. The molecule has 3 atom stereocenters. The van der Waals surface area contributed by atoms with Crippen molar-refractivity contribution >= 4 is 12.1 Å². The van der Waals surface area contributed by atoms with E-state index < -0.39 is 17.6 Å². The molecule has 23 heavy (non-hydrogen) atoms. The van der Waals surface area contributed by atoms with Gasteiger partial charge in [0.05, 0.1) is 19.1 Å². The van der Waals surface area contributed by atoms with Gasteiger partial charge in [-0.2, -0.15) is 0 Å². The number of hydrogen-bond acceptors (Lipinski definition) is 5. The predicted molar refractivity (Wildman–Crippen MR) is 86.9 cm³/mol. The Morgan fingerprint density at radius 1 is 1.17 bits per heavy atom. The van der Waals surface area contributed by atoms with Crippen LogP contribution in [0.4, 0.5) is 4.79 Å². The number of methoxy groups -OCH3 is 1. The molecule has 0 aromatic heterocycles. The molecule has 0 saturated carbocycles. The highest BCUT2D eigenvalue weighted by Crippen LogP contribution is 2.42. The monoisotopic (exact) mass is 329 g/mol. The van der Waals surface area contributed by atoms with Crippen LogP contribution in [0.2, 0.25) is 0 Å². The van der Waals surface area contributed by atoms with Crippen LogP contribution in [0.3, 0.4) is 0 Å². The number of carbonyl (C=O) groups excluding carboxylic acids is 2. The molecular weight excluding hydrogens is 298 g/mol. The third kappa shape index (κ3) is 4.83. The first-order valence-corrected chi connectivity index (χ1v) is 8.12. The fraction of sp³-hybridized carbons (Fsp3) is 0.882. The summed E-state index contributed by atoms with van der Waals surface area (Å²) in [4.78, 5) is 26.6. The predicted octanol–water partition coefficient (Wildman–Crippen LogP) is 2.58. The van der Waals surface area contributed by atoms with Gasteiger partial charge in [-0.25, -0.2) is 4.79 Å². The fourth-order valence-corrected chi connectivity index (χ4v) is 3.34. The van der Waals surface area contributed by atoms with E-state index in [1.54, 1.807) is 4.90 Å². The summed E-state index contributed by atoms with van der Waals surface area (Å²) in [6.07, 6.45) is 0.454. The quantitative estimate of drug-likeness (QED) is 0.805. The summed E-state index contributed by atoms with van der Waals surface area (Å²) in [7, 11) is 1.36. The topological polar surface area (TPSA) is 76.1 Å². The molecule has 0 radical (unpaired) electrons. The van der Waals surface area contributed by atoms with E-state index in [2.05, 4.69) is 0 Å². The summed E-state index contributed by atoms with van der Waals surface area (Å²) in [5.41, 5.74) is -0.938. The number of likely N-dealkylation sites (tertiary alicyclic amines) is 1. The van der Waals surface area contributed by atoms with E-state index in [0.717, 1.165) is 0 Å². The molecule has 0 aromatic rings. The van der Waals surface area contributed by atoms with Gasteiger partial charge in [0.25, 0.3) is 0 Å². The smallest absolute Gasteiger partial charge is 0.410 e. The van der Waals surface area contributed by atoms with Gasteiger partial charge in [-0.3, -0.25) is 4.79 Å². The van der Waals surface area contributed by atoms with E-state index in [1.807, 2.05) is 41.5 Å². The van der Waals surface area contributed by atoms with Crippen molar-refractivity contribution in [1.29, 1.82) is 0 Å².